The van der Waals surface area contributed by atoms with E-state index in [9.17, 15) is 9.59 Å². The second kappa shape index (κ2) is 7.76. The van der Waals surface area contributed by atoms with Crippen LogP contribution in [0, 0.1) is 12.8 Å². The van der Waals surface area contributed by atoms with E-state index >= 15 is 0 Å². The molecule has 25 heavy (non-hydrogen) atoms. The number of amides is 1. The second-order valence-electron chi connectivity index (χ2n) is 6.36. The van der Waals surface area contributed by atoms with Gasteiger partial charge < -0.3 is 10.4 Å². The molecule has 6 nitrogen and oxygen atoms in total. The van der Waals surface area contributed by atoms with Crippen molar-refractivity contribution in [3.63, 3.8) is 0 Å². The lowest BCUT2D eigenvalue weighted by molar-refractivity contribution is -0.144. The summed E-state index contributed by atoms with van der Waals surface area (Å²) in [6.45, 7) is 3.41. The molecular formula is C18H21N3O3S. The zero-order chi connectivity index (χ0) is 17.8. The van der Waals surface area contributed by atoms with E-state index in [2.05, 4.69) is 10.3 Å². The smallest absolute Gasteiger partial charge is 0.307 e. The average molecular weight is 359 g/mol. The molecule has 2 aromatic rings. The molecule has 0 aliphatic carbocycles. The summed E-state index contributed by atoms with van der Waals surface area (Å²) in [4.78, 5) is 29.7. The van der Waals surface area contributed by atoms with Gasteiger partial charge in [-0.05, 0) is 26.3 Å². The van der Waals surface area contributed by atoms with Crippen LogP contribution in [-0.2, 0) is 9.59 Å². The minimum Gasteiger partial charge on any atom is -0.481 e. The molecule has 1 fully saturated rings. The number of carbonyl (C=O) groups excluding carboxylic acids is 1. The number of hydrogen-bond acceptors (Lipinski definition) is 5. The van der Waals surface area contributed by atoms with Crippen molar-refractivity contribution in [2.24, 2.45) is 5.92 Å². The van der Waals surface area contributed by atoms with E-state index in [4.69, 9.17) is 5.11 Å². The van der Waals surface area contributed by atoms with Gasteiger partial charge in [0, 0.05) is 17.5 Å². The molecule has 1 aromatic heterocycles. The van der Waals surface area contributed by atoms with Crippen molar-refractivity contribution in [3.05, 3.63) is 35.2 Å². The SMILES string of the molecule is Cc1ccc(-c2csc(NC(=O)CN3CCCC(C(=O)O)C3)n2)cc1. The van der Waals surface area contributed by atoms with Gasteiger partial charge >= 0.3 is 5.97 Å². The molecule has 1 aromatic carbocycles. The highest BCUT2D eigenvalue weighted by Crippen LogP contribution is 2.25. The Hall–Kier alpha value is -2.25. The standard InChI is InChI=1S/C18H21N3O3S/c1-12-4-6-13(7-5-12)15-11-25-18(19-15)20-16(22)10-21-8-2-3-14(9-21)17(23)24/h4-7,11,14H,2-3,8-10H2,1H3,(H,23,24)(H,19,20,22). The first-order valence-electron chi connectivity index (χ1n) is 8.29. The van der Waals surface area contributed by atoms with Crippen LogP contribution in [0.4, 0.5) is 5.13 Å². The van der Waals surface area contributed by atoms with Crippen LogP contribution in [0.3, 0.4) is 0 Å². The first-order valence-corrected chi connectivity index (χ1v) is 9.17. The molecule has 1 unspecified atom stereocenters. The van der Waals surface area contributed by atoms with Crippen LogP contribution in [0.15, 0.2) is 29.6 Å². The number of nitrogens with one attached hydrogen (secondary N) is 1. The van der Waals surface area contributed by atoms with Crippen molar-refractivity contribution >= 4 is 28.3 Å². The third-order valence-corrected chi connectivity index (χ3v) is 5.08. The van der Waals surface area contributed by atoms with E-state index in [1.165, 1.54) is 16.9 Å². The Morgan fingerprint density at radius 1 is 1.36 bits per heavy atom. The Balaban J connectivity index is 1.56. The number of hydrogen-bond donors (Lipinski definition) is 2. The minimum atomic E-state index is -0.784. The number of rotatable bonds is 5. The number of aliphatic carboxylic acids is 1. The van der Waals surface area contributed by atoms with Crippen LogP contribution >= 0.6 is 11.3 Å². The molecule has 1 aliphatic rings. The van der Waals surface area contributed by atoms with Crippen molar-refractivity contribution in [1.29, 1.82) is 0 Å². The number of piperidine rings is 1. The fraction of sp³-hybridized carbons (Fsp3) is 0.389. The maximum atomic E-state index is 12.2. The van der Waals surface area contributed by atoms with Gasteiger partial charge in [-0.2, -0.15) is 0 Å². The fourth-order valence-corrected chi connectivity index (χ4v) is 3.69. The summed E-state index contributed by atoms with van der Waals surface area (Å²) in [6, 6.07) is 8.08. The molecule has 0 radical (unpaired) electrons. The molecule has 3 rings (SSSR count). The lowest BCUT2D eigenvalue weighted by Crippen LogP contribution is -2.42. The molecule has 0 saturated carbocycles. The predicted molar refractivity (Wildman–Crippen MR) is 97.7 cm³/mol. The van der Waals surface area contributed by atoms with Crippen molar-refractivity contribution in [3.8, 4) is 11.3 Å². The number of anilines is 1. The minimum absolute atomic E-state index is 0.157. The highest BCUT2D eigenvalue weighted by atomic mass is 32.1. The molecule has 1 amide bonds. The zero-order valence-corrected chi connectivity index (χ0v) is 14.9. The van der Waals surface area contributed by atoms with Crippen LogP contribution < -0.4 is 5.32 Å². The number of aromatic nitrogens is 1. The zero-order valence-electron chi connectivity index (χ0n) is 14.1. The van der Waals surface area contributed by atoms with E-state index < -0.39 is 5.97 Å². The van der Waals surface area contributed by atoms with Crippen LogP contribution in [0.2, 0.25) is 0 Å². The number of likely N-dealkylation sites (tertiary alicyclic amines) is 1. The van der Waals surface area contributed by atoms with E-state index in [1.807, 2.05) is 41.5 Å². The van der Waals surface area contributed by atoms with Crippen molar-refractivity contribution in [2.45, 2.75) is 19.8 Å². The molecule has 2 heterocycles. The van der Waals surface area contributed by atoms with E-state index in [0.29, 0.717) is 18.1 Å². The third-order valence-electron chi connectivity index (χ3n) is 4.32. The second-order valence-corrected chi connectivity index (χ2v) is 7.22. The molecule has 132 valence electrons. The van der Waals surface area contributed by atoms with Crippen LogP contribution in [0.5, 0.6) is 0 Å². The third kappa shape index (κ3) is 4.64. The van der Waals surface area contributed by atoms with Crippen LogP contribution in [0.1, 0.15) is 18.4 Å². The van der Waals surface area contributed by atoms with Gasteiger partial charge in [0.25, 0.3) is 0 Å². The van der Waals surface area contributed by atoms with Crippen LogP contribution in [-0.4, -0.2) is 46.5 Å². The summed E-state index contributed by atoms with van der Waals surface area (Å²) < 4.78 is 0. The highest BCUT2D eigenvalue weighted by molar-refractivity contribution is 7.14. The fourth-order valence-electron chi connectivity index (χ4n) is 2.95. The van der Waals surface area contributed by atoms with Gasteiger partial charge in [-0.1, -0.05) is 29.8 Å². The van der Waals surface area contributed by atoms with Gasteiger partial charge in [0.15, 0.2) is 5.13 Å². The Kier molecular flexibility index (Phi) is 5.45. The molecule has 1 saturated heterocycles. The number of carboxylic acids is 1. The number of benzene rings is 1. The summed E-state index contributed by atoms with van der Waals surface area (Å²) >= 11 is 1.39. The number of carbonyl (C=O) groups is 2. The first kappa shape index (κ1) is 17.6. The largest absolute Gasteiger partial charge is 0.481 e. The Morgan fingerprint density at radius 2 is 2.12 bits per heavy atom. The molecule has 7 heteroatoms. The van der Waals surface area contributed by atoms with Crippen molar-refractivity contribution in [2.75, 3.05) is 25.0 Å². The van der Waals surface area contributed by atoms with E-state index in [1.54, 1.807) is 0 Å². The van der Waals surface area contributed by atoms with E-state index in [-0.39, 0.29) is 18.4 Å². The molecular weight excluding hydrogens is 338 g/mol. The quantitative estimate of drug-likeness (QED) is 0.858. The molecule has 1 aliphatic heterocycles. The number of thiazole rings is 1. The monoisotopic (exact) mass is 359 g/mol. The topological polar surface area (TPSA) is 82.5 Å². The molecule has 1 atom stereocenters. The Morgan fingerprint density at radius 3 is 2.84 bits per heavy atom. The van der Waals surface area contributed by atoms with Gasteiger partial charge in [-0.15, -0.1) is 11.3 Å². The summed E-state index contributed by atoms with van der Waals surface area (Å²) in [5.41, 5.74) is 3.04. The summed E-state index contributed by atoms with van der Waals surface area (Å²) in [7, 11) is 0. The Bertz CT molecular complexity index is 757. The molecule has 0 spiro atoms. The summed E-state index contributed by atoms with van der Waals surface area (Å²) in [6.07, 6.45) is 1.49. The number of aryl methyl sites for hydroxylation is 1. The van der Waals surface area contributed by atoms with Gasteiger partial charge in [-0.3, -0.25) is 14.5 Å². The summed E-state index contributed by atoms with van der Waals surface area (Å²) in [5.74, 6) is -1.32. The summed E-state index contributed by atoms with van der Waals surface area (Å²) in [5, 5.41) is 14.4. The first-order chi connectivity index (χ1) is 12.0. The van der Waals surface area contributed by atoms with Crippen molar-refractivity contribution < 1.29 is 14.7 Å². The molecule has 2 N–H and O–H groups in total. The maximum Gasteiger partial charge on any atom is 0.307 e. The van der Waals surface area contributed by atoms with Gasteiger partial charge in [-0.25, -0.2) is 4.98 Å². The maximum absolute atomic E-state index is 12.2. The average Bonchev–Trinajstić information content (AvgIpc) is 3.04. The lowest BCUT2D eigenvalue weighted by atomic mass is 9.98. The van der Waals surface area contributed by atoms with Gasteiger partial charge in [0.2, 0.25) is 5.91 Å². The number of nitrogens with zero attached hydrogens (tertiary/aromatic N) is 2. The highest BCUT2D eigenvalue weighted by Gasteiger charge is 2.26. The molecule has 0 bridgehead atoms. The van der Waals surface area contributed by atoms with Crippen LogP contribution in [0.25, 0.3) is 11.3 Å². The number of carboxylic acid groups (broad SMARTS) is 1. The predicted octanol–water partition coefficient (Wildman–Crippen LogP) is 2.85. The van der Waals surface area contributed by atoms with E-state index in [0.717, 1.165) is 24.2 Å². The van der Waals surface area contributed by atoms with Crippen molar-refractivity contribution in [1.82, 2.24) is 9.88 Å². The lowest BCUT2D eigenvalue weighted by Gasteiger charge is -2.29. The normalized spacial score (nSPS) is 18.0. The van der Waals surface area contributed by atoms with Gasteiger partial charge in [0.1, 0.15) is 0 Å². The van der Waals surface area contributed by atoms with Gasteiger partial charge in [0.05, 0.1) is 18.2 Å². The Labute approximate surface area is 150 Å².